The molecule has 2 aromatic heterocycles. The smallest absolute Gasteiger partial charge is 0.353 e. The Hall–Kier alpha value is -1.38. The Balaban J connectivity index is 1.63. The van der Waals surface area contributed by atoms with Crippen LogP contribution in [0.1, 0.15) is 11.3 Å². The number of alkyl halides is 3. The summed E-state index contributed by atoms with van der Waals surface area (Å²) in [6, 6.07) is 0.936. The molecule has 1 fully saturated rings. The second-order valence-electron chi connectivity index (χ2n) is 5.27. The molecular formula is C14H14ClF3N4S. The van der Waals surface area contributed by atoms with Crippen LogP contribution in [0.2, 0.25) is 5.02 Å². The van der Waals surface area contributed by atoms with Gasteiger partial charge in [-0.2, -0.15) is 13.2 Å². The molecule has 23 heavy (non-hydrogen) atoms. The predicted molar refractivity (Wildman–Crippen MR) is 83.9 cm³/mol. The quantitative estimate of drug-likeness (QED) is 0.836. The Morgan fingerprint density at radius 3 is 2.48 bits per heavy atom. The maximum atomic E-state index is 12.6. The number of pyridine rings is 1. The third kappa shape index (κ3) is 3.94. The molecule has 1 saturated heterocycles. The Morgan fingerprint density at radius 2 is 1.91 bits per heavy atom. The highest BCUT2D eigenvalue weighted by molar-refractivity contribution is 7.07. The van der Waals surface area contributed by atoms with Crippen LogP contribution in [0.3, 0.4) is 0 Å². The summed E-state index contributed by atoms with van der Waals surface area (Å²) in [5, 5.41) is 2.05. The lowest BCUT2D eigenvalue weighted by molar-refractivity contribution is -0.137. The third-order valence-electron chi connectivity index (χ3n) is 3.69. The lowest BCUT2D eigenvalue weighted by Gasteiger charge is -2.35. The van der Waals surface area contributed by atoms with Gasteiger partial charge >= 0.3 is 6.18 Å². The summed E-state index contributed by atoms with van der Waals surface area (Å²) >= 11 is 7.56. The highest BCUT2D eigenvalue weighted by Gasteiger charge is 2.32. The van der Waals surface area contributed by atoms with Gasteiger partial charge in [0.25, 0.3) is 0 Å². The standard InChI is InChI=1S/C14H14ClF3N4S/c15-12-5-10(14(16,17)18)6-19-13(12)22-3-1-21(2-4-22)7-11-8-23-9-20-11/h5-6,8-9H,1-4,7H2. The zero-order valence-corrected chi connectivity index (χ0v) is 13.6. The van der Waals surface area contributed by atoms with E-state index in [2.05, 4.69) is 14.9 Å². The molecule has 1 aliphatic rings. The second-order valence-corrected chi connectivity index (χ2v) is 6.40. The molecule has 1 aliphatic heterocycles. The van der Waals surface area contributed by atoms with Crippen molar-refractivity contribution >= 4 is 28.8 Å². The average Bonchev–Trinajstić information content (AvgIpc) is 3.00. The van der Waals surface area contributed by atoms with E-state index in [9.17, 15) is 13.2 Å². The van der Waals surface area contributed by atoms with Crippen LogP contribution in [0.25, 0.3) is 0 Å². The number of thiazole rings is 1. The van der Waals surface area contributed by atoms with Crippen LogP contribution < -0.4 is 4.90 Å². The van der Waals surface area contributed by atoms with Gasteiger partial charge in [-0.15, -0.1) is 11.3 Å². The van der Waals surface area contributed by atoms with Crippen molar-refractivity contribution in [1.29, 1.82) is 0 Å². The number of anilines is 1. The second kappa shape index (κ2) is 6.62. The highest BCUT2D eigenvalue weighted by Crippen LogP contribution is 2.33. The molecule has 2 aromatic rings. The number of aromatic nitrogens is 2. The molecule has 0 saturated carbocycles. The molecule has 0 spiro atoms. The fraction of sp³-hybridized carbons (Fsp3) is 0.429. The van der Waals surface area contributed by atoms with E-state index < -0.39 is 11.7 Å². The molecule has 0 aliphatic carbocycles. The van der Waals surface area contributed by atoms with E-state index in [1.807, 2.05) is 10.3 Å². The van der Waals surface area contributed by atoms with Crippen molar-refractivity contribution in [2.24, 2.45) is 0 Å². The van der Waals surface area contributed by atoms with Crippen molar-refractivity contribution in [3.63, 3.8) is 0 Å². The van der Waals surface area contributed by atoms with Crippen LogP contribution in [0, 0.1) is 0 Å². The van der Waals surface area contributed by atoms with E-state index in [1.165, 1.54) is 0 Å². The van der Waals surface area contributed by atoms with Crippen LogP contribution in [0.15, 0.2) is 23.2 Å². The molecule has 124 valence electrons. The number of hydrogen-bond donors (Lipinski definition) is 0. The molecular weight excluding hydrogens is 349 g/mol. The van der Waals surface area contributed by atoms with Crippen LogP contribution in [-0.2, 0) is 12.7 Å². The number of nitrogens with zero attached hydrogens (tertiary/aromatic N) is 4. The van der Waals surface area contributed by atoms with Crippen molar-refractivity contribution in [2.75, 3.05) is 31.1 Å². The maximum absolute atomic E-state index is 12.6. The SMILES string of the molecule is FC(F)(F)c1cnc(N2CCN(Cc3cscn3)CC2)c(Cl)c1. The third-order valence-corrected chi connectivity index (χ3v) is 4.60. The first-order valence-corrected chi connectivity index (χ1v) is 8.32. The van der Waals surface area contributed by atoms with Gasteiger partial charge in [-0.1, -0.05) is 11.6 Å². The molecule has 3 heterocycles. The minimum absolute atomic E-state index is 0.0350. The van der Waals surface area contributed by atoms with E-state index in [0.29, 0.717) is 18.9 Å². The summed E-state index contributed by atoms with van der Waals surface area (Å²) in [6.07, 6.45) is -3.59. The van der Waals surface area contributed by atoms with Gasteiger partial charge in [0.15, 0.2) is 0 Å². The number of rotatable bonds is 3. The van der Waals surface area contributed by atoms with Crippen LogP contribution in [-0.4, -0.2) is 41.0 Å². The van der Waals surface area contributed by atoms with Gasteiger partial charge in [0, 0.05) is 44.3 Å². The van der Waals surface area contributed by atoms with Gasteiger partial charge in [-0.25, -0.2) is 9.97 Å². The summed E-state index contributed by atoms with van der Waals surface area (Å²) in [7, 11) is 0. The zero-order valence-electron chi connectivity index (χ0n) is 12.1. The van der Waals surface area contributed by atoms with E-state index in [1.54, 1.807) is 16.8 Å². The number of halogens is 4. The molecule has 4 nitrogen and oxygen atoms in total. The fourth-order valence-electron chi connectivity index (χ4n) is 2.48. The van der Waals surface area contributed by atoms with Gasteiger partial charge < -0.3 is 4.90 Å². The van der Waals surface area contributed by atoms with E-state index >= 15 is 0 Å². The molecule has 0 bridgehead atoms. The largest absolute Gasteiger partial charge is 0.417 e. The normalized spacial score (nSPS) is 16.8. The topological polar surface area (TPSA) is 32.3 Å². The first-order chi connectivity index (χ1) is 10.9. The fourth-order valence-corrected chi connectivity index (χ4v) is 3.32. The Morgan fingerprint density at radius 1 is 1.17 bits per heavy atom. The van der Waals surface area contributed by atoms with Crippen molar-refractivity contribution in [2.45, 2.75) is 12.7 Å². The minimum Gasteiger partial charge on any atom is -0.353 e. The van der Waals surface area contributed by atoms with Gasteiger partial charge in [-0.05, 0) is 6.07 Å². The van der Waals surface area contributed by atoms with E-state index in [-0.39, 0.29) is 5.02 Å². The molecule has 0 unspecified atom stereocenters. The molecule has 9 heteroatoms. The van der Waals surface area contributed by atoms with Crippen LogP contribution >= 0.6 is 22.9 Å². The summed E-state index contributed by atoms with van der Waals surface area (Å²) in [6.45, 7) is 3.70. The Kier molecular flexibility index (Phi) is 4.74. The zero-order chi connectivity index (χ0) is 16.4. The number of hydrogen-bond acceptors (Lipinski definition) is 5. The summed E-state index contributed by atoms with van der Waals surface area (Å²) < 4.78 is 37.9. The molecule has 0 atom stereocenters. The Bertz CT molecular complexity index is 655. The van der Waals surface area contributed by atoms with Crippen LogP contribution in [0.4, 0.5) is 19.0 Å². The first kappa shape index (κ1) is 16.5. The number of piperazine rings is 1. The lowest BCUT2D eigenvalue weighted by atomic mass is 10.2. The van der Waals surface area contributed by atoms with Gasteiger partial charge in [0.05, 0.1) is 21.8 Å². The van der Waals surface area contributed by atoms with Crippen LogP contribution in [0.5, 0.6) is 0 Å². The van der Waals surface area contributed by atoms with Crippen molar-refractivity contribution in [3.8, 4) is 0 Å². The summed E-state index contributed by atoms with van der Waals surface area (Å²) in [4.78, 5) is 12.3. The molecule has 0 aromatic carbocycles. The molecule has 0 amide bonds. The highest BCUT2D eigenvalue weighted by atomic mass is 35.5. The minimum atomic E-state index is -4.43. The molecule has 0 N–H and O–H groups in total. The molecule has 3 rings (SSSR count). The Labute approximate surface area is 140 Å². The summed E-state index contributed by atoms with van der Waals surface area (Å²) in [5.74, 6) is 0.410. The van der Waals surface area contributed by atoms with Gasteiger partial charge in [0.2, 0.25) is 0 Å². The summed E-state index contributed by atoms with van der Waals surface area (Å²) in [5.41, 5.74) is 2.01. The lowest BCUT2D eigenvalue weighted by Crippen LogP contribution is -2.46. The van der Waals surface area contributed by atoms with Crippen molar-refractivity contribution < 1.29 is 13.2 Å². The van der Waals surface area contributed by atoms with E-state index in [4.69, 9.17) is 11.6 Å². The maximum Gasteiger partial charge on any atom is 0.417 e. The van der Waals surface area contributed by atoms with Crippen molar-refractivity contribution in [1.82, 2.24) is 14.9 Å². The predicted octanol–water partition coefficient (Wildman–Crippen LogP) is 3.53. The first-order valence-electron chi connectivity index (χ1n) is 7.00. The average molecular weight is 363 g/mol. The van der Waals surface area contributed by atoms with E-state index in [0.717, 1.165) is 37.6 Å². The van der Waals surface area contributed by atoms with Gasteiger partial charge in [0.1, 0.15) is 5.82 Å². The monoisotopic (exact) mass is 362 g/mol. The molecule has 0 radical (unpaired) electrons. The van der Waals surface area contributed by atoms with Gasteiger partial charge in [-0.3, -0.25) is 4.90 Å². The van der Waals surface area contributed by atoms with Crippen molar-refractivity contribution in [3.05, 3.63) is 39.4 Å².